The Morgan fingerprint density at radius 2 is 1.88 bits per heavy atom. The quantitative estimate of drug-likeness (QED) is 0.283. The highest BCUT2D eigenvalue weighted by molar-refractivity contribution is 7.89. The first kappa shape index (κ1) is 28.2. The van der Waals surface area contributed by atoms with Crippen LogP contribution in [0.3, 0.4) is 0 Å². The summed E-state index contributed by atoms with van der Waals surface area (Å²) < 4.78 is 81.8. The molecule has 0 unspecified atom stereocenters. The molecule has 5 rings (SSSR count). The van der Waals surface area contributed by atoms with Crippen molar-refractivity contribution in [2.45, 2.75) is 36.5 Å². The van der Waals surface area contributed by atoms with Crippen molar-refractivity contribution in [2.75, 3.05) is 18.8 Å². The normalized spacial score (nSPS) is 16.3. The Bertz CT molecular complexity index is 1730. The first-order chi connectivity index (χ1) is 19.3. The van der Waals surface area contributed by atoms with Crippen LogP contribution in [0.15, 0.2) is 53.7 Å². The number of hydrogen-bond donors (Lipinski definition) is 3. The first-order valence-corrected chi connectivity index (χ1v) is 13.7. The van der Waals surface area contributed by atoms with Crippen LogP contribution >= 0.6 is 0 Å². The predicted molar refractivity (Wildman–Crippen MR) is 138 cm³/mol. The molecule has 0 saturated carbocycles. The number of alkyl halides is 3. The highest BCUT2D eigenvalue weighted by Crippen LogP contribution is 2.34. The van der Waals surface area contributed by atoms with Gasteiger partial charge in [0.1, 0.15) is 23.7 Å². The fourth-order valence-electron chi connectivity index (χ4n) is 4.70. The van der Waals surface area contributed by atoms with Crippen LogP contribution < -0.4 is 10.5 Å². The molecule has 4 N–H and O–H groups in total. The number of hydrogen-bond acceptors (Lipinski definition) is 7. The second-order valence-corrected chi connectivity index (χ2v) is 11.2. The molecule has 41 heavy (non-hydrogen) atoms. The van der Waals surface area contributed by atoms with Crippen molar-refractivity contribution < 1.29 is 35.9 Å². The number of nitrogens with one attached hydrogen (secondary N) is 1. The Balaban J connectivity index is 1.39. The number of rotatable bonds is 6. The van der Waals surface area contributed by atoms with E-state index in [1.807, 2.05) is 0 Å². The topological polar surface area (TPSA) is 156 Å². The van der Waals surface area contributed by atoms with Gasteiger partial charge in [0.2, 0.25) is 10.0 Å². The van der Waals surface area contributed by atoms with E-state index >= 15 is 0 Å². The van der Waals surface area contributed by atoms with E-state index in [4.69, 9.17) is 10.8 Å². The molecular formula is C25H23F4N7O4S. The van der Waals surface area contributed by atoms with E-state index in [9.17, 15) is 35.9 Å². The summed E-state index contributed by atoms with van der Waals surface area (Å²) >= 11 is 0. The summed E-state index contributed by atoms with van der Waals surface area (Å²) in [6.45, 7) is 0.362. The molecule has 3 heterocycles. The van der Waals surface area contributed by atoms with Crippen molar-refractivity contribution in [1.82, 2.24) is 29.4 Å². The monoisotopic (exact) mass is 593 g/mol. The lowest BCUT2D eigenvalue weighted by atomic mass is 10.1. The van der Waals surface area contributed by atoms with Crippen molar-refractivity contribution >= 4 is 33.0 Å². The molecule has 1 amide bonds. The molecule has 1 aliphatic rings. The average molecular weight is 594 g/mol. The molecule has 2 aromatic carbocycles. The number of nitrogen functional groups attached to an aromatic ring is 1. The molecular weight excluding hydrogens is 570 g/mol. The number of carboxylic acid groups (broad SMARTS) is 1. The van der Waals surface area contributed by atoms with Gasteiger partial charge in [0.15, 0.2) is 5.65 Å². The van der Waals surface area contributed by atoms with Crippen LogP contribution in [0.2, 0.25) is 0 Å². The number of nitrogens with two attached hydrogens (primary N) is 1. The Morgan fingerprint density at radius 3 is 2.56 bits per heavy atom. The van der Waals surface area contributed by atoms with Crippen molar-refractivity contribution in [3.8, 4) is 11.3 Å². The maximum absolute atomic E-state index is 13.7. The Kier molecular flexibility index (Phi) is 7.29. The molecule has 2 aromatic heterocycles. The van der Waals surface area contributed by atoms with Crippen molar-refractivity contribution in [1.29, 1.82) is 0 Å². The van der Waals surface area contributed by atoms with Crippen LogP contribution in [0.5, 0.6) is 0 Å². The van der Waals surface area contributed by atoms with Gasteiger partial charge in [-0.2, -0.15) is 18.3 Å². The minimum absolute atomic E-state index is 0.173. The average Bonchev–Trinajstić information content (AvgIpc) is 3.32. The van der Waals surface area contributed by atoms with E-state index in [2.05, 4.69) is 14.7 Å². The number of amides is 1. The number of halogens is 4. The lowest BCUT2D eigenvalue weighted by Gasteiger charge is -2.30. The third kappa shape index (κ3) is 5.78. The number of benzene rings is 2. The van der Waals surface area contributed by atoms with Gasteiger partial charge in [-0.25, -0.2) is 37.0 Å². The number of nitrogens with zero attached hydrogens (tertiary/aromatic N) is 5. The predicted octanol–water partition coefficient (Wildman–Crippen LogP) is 4.03. The van der Waals surface area contributed by atoms with E-state index in [0.717, 1.165) is 0 Å². The van der Waals surface area contributed by atoms with E-state index in [1.165, 1.54) is 11.2 Å². The van der Waals surface area contributed by atoms with Crippen LogP contribution in [0.1, 0.15) is 30.0 Å². The van der Waals surface area contributed by atoms with E-state index in [-0.39, 0.29) is 31.0 Å². The number of likely N-dealkylation sites (tertiary alicyclic amines) is 1. The molecule has 216 valence electrons. The van der Waals surface area contributed by atoms with Gasteiger partial charge in [-0.05, 0) is 36.6 Å². The Morgan fingerprint density at radius 1 is 1.15 bits per heavy atom. The zero-order valence-corrected chi connectivity index (χ0v) is 22.0. The summed E-state index contributed by atoms with van der Waals surface area (Å²) in [4.78, 5) is 20.4. The molecule has 0 radical (unpaired) electrons. The van der Waals surface area contributed by atoms with Crippen molar-refractivity contribution in [3.63, 3.8) is 0 Å². The second-order valence-electron chi connectivity index (χ2n) is 9.47. The highest BCUT2D eigenvalue weighted by Gasteiger charge is 2.33. The van der Waals surface area contributed by atoms with Crippen LogP contribution in [-0.2, 0) is 22.7 Å². The lowest BCUT2D eigenvalue weighted by Crippen LogP contribution is -2.40. The zero-order valence-electron chi connectivity index (χ0n) is 21.1. The van der Waals surface area contributed by atoms with Crippen molar-refractivity contribution in [2.24, 2.45) is 0 Å². The first-order valence-electron chi connectivity index (χ1n) is 12.3. The molecule has 0 aliphatic carbocycles. The second kappa shape index (κ2) is 10.6. The van der Waals surface area contributed by atoms with Gasteiger partial charge in [0.25, 0.3) is 0 Å². The van der Waals surface area contributed by atoms with Gasteiger partial charge >= 0.3 is 12.3 Å². The number of piperidine rings is 1. The van der Waals surface area contributed by atoms with E-state index in [0.29, 0.717) is 59.4 Å². The number of aromatic nitrogens is 4. The summed E-state index contributed by atoms with van der Waals surface area (Å²) in [7, 11) is -4.46. The van der Waals surface area contributed by atoms with E-state index < -0.39 is 38.6 Å². The Labute approximate surface area is 230 Å². The summed E-state index contributed by atoms with van der Waals surface area (Å²) in [5, 5.41) is 14.6. The van der Waals surface area contributed by atoms with Gasteiger partial charge in [-0.15, -0.1) is 0 Å². The molecule has 0 bridgehead atoms. The summed E-state index contributed by atoms with van der Waals surface area (Å²) in [6.07, 6.45) is -3.32. The van der Waals surface area contributed by atoms with Crippen LogP contribution in [-0.4, -0.2) is 57.4 Å². The smallest absolute Gasteiger partial charge is 0.416 e. The summed E-state index contributed by atoms with van der Waals surface area (Å²) in [5.74, 6) is -1.16. The van der Waals surface area contributed by atoms with Gasteiger partial charge in [0.05, 0.1) is 21.9 Å². The van der Waals surface area contributed by atoms with Crippen LogP contribution in [0.4, 0.5) is 28.2 Å². The molecule has 0 spiro atoms. The molecule has 1 atom stereocenters. The van der Waals surface area contributed by atoms with Gasteiger partial charge in [-0.1, -0.05) is 24.3 Å². The van der Waals surface area contributed by atoms with Crippen LogP contribution in [0.25, 0.3) is 22.3 Å². The minimum Gasteiger partial charge on any atom is -0.465 e. The Hall–Kier alpha value is -4.31. The number of fused-ring (bicyclic) bond motifs is 1. The largest absolute Gasteiger partial charge is 0.465 e. The van der Waals surface area contributed by atoms with Gasteiger partial charge < -0.3 is 15.7 Å². The third-order valence-corrected chi connectivity index (χ3v) is 8.11. The third-order valence-electron chi connectivity index (χ3n) is 6.73. The maximum atomic E-state index is 13.7. The number of anilines is 1. The fourth-order valence-corrected chi connectivity index (χ4v) is 5.78. The lowest BCUT2D eigenvalue weighted by molar-refractivity contribution is -0.137. The molecule has 11 nitrogen and oxygen atoms in total. The van der Waals surface area contributed by atoms with Gasteiger partial charge in [0, 0.05) is 25.2 Å². The number of carbonyl (C=O) groups is 1. The minimum atomic E-state index is -4.92. The zero-order chi connectivity index (χ0) is 29.5. The van der Waals surface area contributed by atoms with Crippen LogP contribution in [0, 0.1) is 5.82 Å². The fraction of sp³-hybridized carbons (Fsp3) is 0.280. The summed E-state index contributed by atoms with van der Waals surface area (Å²) in [6, 6.07) is 7.29. The van der Waals surface area contributed by atoms with Crippen molar-refractivity contribution in [3.05, 3.63) is 65.7 Å². The highest BCUT2D eigenvalue weighted by atomic mass is 32.2. The van der Waals surface area contributed by atoms with E-state index in [1.54, 1.807) is 28.9 Å². The number of sulfonamides is 1. The summed E-state index contributed by atoms with van der Waals surface area (Å²) in [5.41, 5.74) is 6.68. The molecule has 1 aliphatic heterocycles. The molecule has 1 fully saturated rings. The molecule has 4 aromatic rings. The van der Waals surface area contributed by atoms with Gasteiger partial charge in [-0.3, -0.25) is 0 Å². The molecule has 1 saturated heterocycles. The maximum Gasteiger partial charge on any atom is 0.416 e. The SMILES string of the molecule is Nc1ncnc2c1c(-c1ccc(CNS(=O)(=O)c3cc(F)cc(C(F)(F)F)c3)cc1)nn2[C@@H]1CCCN(C(=O)O)C1. The standard InChI is InChI=1S/C25H23F4N7O4S/c26-17-8-16(25(27,28)29)9-19(10-17)41(39,40)33-11-14-3-5-15(6-4-14)21-20-22(30)31-13-32-23(20)36(34-21)18-2-1-7-35(12-18)24(37)38/h3-6,8-10,13,18,33H,1-2,7,11-12H2,(H,37,38)(H2,30,31,32)/t18-/m1/s1. The molecule has 16 heteroatoms.